The van der Waals surface area contributed by atoms with Crippen LogP contribution in [0.2, 0.25) is 0 Å². The molecule has 2 aromatic carbocycles. The molecular formula is C17H14BrNO3. The van der Waals surface area contributed by atoms with Crippen LogP contribution in [-0.2, 0) is 11.3 Å². The lowest BCUT2D eigenvalue weighted by Gasteiger charge is -2.12. The summed E-state index contributed by atoms with van der Waals surface area (Å²) in [6, 6.07) is 16.4. The summed E-state index contributed by atoms with van der Waals surface area (Å²) < 4.78 is 11.7. The number of benzene rings is 2. The van der Waals surface area contributed by atoms with Crippen molar-refractivity contribution >= 4 is 21.9 Å². The third-order valence-corrected chi connectivity index (χ3v) is 3.35. The normalized spacial score (nSPS) is 11.3. The average Bonchev–Trinajstić information content (AvgIpc) is 2.53. The highest BCUT2D eigenvalue weighted by Crippen LogP contribution is 2.21. The molecule has 0 aliphatic rings. The standard InChI is InChI=1S/C17H14BrNO3/c1-12(10-19)22-17(20)15-7-2-3-8-16(15)21-11-13-5-4-6-14(18)9-13/h2-9,12H,11H2,1H3/t12-/m1/s1. The second-order valence-corrected chi connectivity index (χ2v) is 5.51. The summed E-state index contributed by atoms with van der Waals surface area (Å²) >= 11 is 3.40. The van der Waals surface area contributed by atoms with Crippen molar-refractivity contribution in [3.8, 4) is 11.8 Å². The van der Waals surface area contributed by atoms with Crippen LogP contribution in [0.25, 0.3) is 0 Å². The van der Waals surface area contributed by atoms with E-state index in [-0.39, 0.29) is 0 Å². The first-order valence-electron chi connectivity index (χ1n) is 6.67. The van der Waals surface area contributed by atoms with Crippen molar-refractivity contribution in [2.45, 2.75) is 19.6 Å². The van der Waals surface area contributed by atoms with Crippen LogP contribution in [0, 0.1) is 11.3 Å². The predicted octanol–water partition coefficient (Wildman–Crippen LogP) is 4.10. The summed E-state index contributed by atoms with van der Waals surface area (Å²) in [5.74, 6) is -0.142. The van der Waals surface area contributed by atoms with Gasteiger partial charge in [0.2, 0.25) is 0 Å². The van der Waals surface area contributed by atoms with Gasteiger partial charge >= 0.3 is 5.97 Å². The minimum absolute atomic E-state index is 0.305. The van der Waals surface area contributed by atoms with E-state index >= 15 is 0 Å². The number of carbonyl (C=O) groups excluding carboxylic acids is 1. The van der Waals surface area contributed by atoms with Crippen LogP contribution in [-0.4, -0.2) is 12.1 Å². The Labute approximate surface area is 137 Å². The lowest BCUT2D eigenvalue weighted by Crippen LogP contribution is -2.14. The van der Waals surface area contributed by atoms with Gasteiger partial charge in [-0.05, 0) is 36.8 Å². The molecule has 0 spiro atoms. The number of nitriles is 1. The van der Waals surface area contributed by atoms with Crippen molar-refractivity contribution in [3.05, 3.63) is 64.1 Å². The first-order valence-corrected chi connectivity index (χ1v) is 7.46. The lowest BCUT2D eigenvalue weighted by molar-refractivity contribution is 0.0430. The van der Waals surface area contributed by atoms with Gasteiger partial charge in [0.1, 0.15) is 24.0 Å². The zero-order valence-electron chi connectivity index (χ0n) is 12.0. The smallest absolute Gasteiger partial charge is 0.343 e. The van der Waals surface area contributed by atoms with Crippen molar-refractivity contribution in [1.29, 1.82) is 5.26 Å². The molecule has 4 nitrogen and oxygen atoms in total. The van der Waals surface area contributed by atoms with Crippen molar-refractivity contribution in [1.82, 2.24) is 0 Å². The fourth-order valence-electron chi connectivity index (χ4n) is 1.80. The Bertz CT molecular complexity index is 709. The molecule has 0 heterocycles. The number of halogens is 1. The monoisotopic (exact) mass is 359 g/mol. The molecule has 1 atom stereocenters. The Hall–Kier alpha value is -2.32. The molecule has 0 unspecified atom stereocenters. The second-order valence-electron chi connectivity index (χ2n) is 4.59. The summed E-state index contributed by atoms with van der Waals surface area (Å²) in [6.45, 7) is 1.85. The molecule has 2 rings (SSSR count). The quantitative estimate of drug-likeness (QED) is 0.754. The van der Waals surface area contributed by atoms with Crippen LogP contribution in [0.3, 0.4) is 0 Å². The Kier molecular flexibility index (Phi) is 5.56. The summed E-state index contributed by atoms with van der Waals surface area (Å²) in [4.78, 5) is 12.0. The Morgan fingerprint density at radius 1 is 1.27 bits per heavy atom. The number of rotatable bonds is 5. The van der Waals surface area contributed by atoms with Crippen LogP contribution in [0.4, 0.5) is 0 Å². The topological polar surface area (TPSA) is 59.3 Å². The Balaban J connectivity index is 2.11. The Morgan fingerprint density at radius 2 is 2.05 bits per heavy atom. The van der Waals surface area contributed by atoms with Gasteiger partial charge in [0, 0.05) is 4.47 Å². The number of para-hydroxylation sites is 1. The maximum absolute atomic E-state index is 12.0. The van der Waals surface area contributed by atoms with E-state index < -0.39 is 12.1 Å². The summed E-state index contributed by atoms with van der Waals surface area (Å²) in [5.41, 5.74) is 1.28. The van der Waals surface area contributed by atoms with Gasteiger partial charge in [-0.2, -0.15) is 5.26 Å². The molecule has 5 heteroatoms. The van der Waals surface area contributed by atoms with Crippen LogP contribution in [0.15, 0.2) is 53.0 Å². The highest BCUT2D eigenvalue weighted by atomic mass is 79.9. The molecule has 0 fully saturated rings. The van der Waals surface area contributed by atoms with Gasteiger partial charge in [-0.25, -0.2) is 4.79 Å². The van der Waals surface area contributed by atoms with Crippen molar-refractivity contribution < 1.29 is 14.3 Å². The Morgan fingerprint density at radius 3 is 2.77 bits per heavy atom. The van der Waals surface area contributed by atoms with Crippen molar-refractivity contribution in [2.75, 3.05) is 0 Å². The number of ether oxygens (including phenoxy) is 2. The first kappa shape index (κ1) is 16.1. The molecule has 0 aromatic heterocycles. The third-order valence-electron chi connectivity index (χ3n) is 2.86. The minimum atomic E-state index is -0.800. The van der Waals surface area contributed by atoms with E-state index in [0.717, 1.165) is 10.0 Å². The fourth-order valence-corrected chi connectivity index (χ4v) is 2.25. The molecule has 112 valence electrons. The zero-order valence-corrected chi connectivity index (χ0v) is 13.5. The molecular weight excluding hydrogens is 346 g/mol. The maximum Gasteiger partial charge on any atom is 0.343 e. The molecule has 0 aliphatic heterocycles. The van der Waals surface area contributed by atoms with Gasteiger partial charge in [-0.3, -0.25) is 0 Å². The van der Waals surface area contributed by atoms with E-state index in [1.807, 2.05) is 30.3 Å². The number of hydrogen-bond donors (Lipinski definition) is 0. The van der Waals surface area contributed by atoms with E-state index in [9.17, 15) is 4.79 Å². The molecule has 0 radical (unpaired) electrons. The second kappa shape index (κ2) is 7.62. The maximum atomic E-state index is 12.0. The summed E-state index contributed by atoms with van der Waals surface area (Å²) in [6.07, 6.45) is -0.800. The van der Waals surface area contributed by atoms with Crippen LogP contribution in [0.5, 0.6) is 5.75 Å². The van der Waals surface area contributed by atoms with Gasteiger partial charge in [-0.1, -0.05) is 40.2 Å². The van der Waals surface area contributed by atoms with Crippen LogP contribution < -0.4 is 4.74 Å². The minimum Gasteiger partial charge on any atom is -0.488 e. The molecule has 0 bridgehead atoms. The van der Waals surface area contributed by atoms with E-state index in [1.54, 1.807) is 24.3 Å². The van der Waals surface area contributed by atoms with Crippen molar-refractivity contribution in [3.63, 3.8) is 0 Å². The summed E-state index contributed by atoms with van der Waals surface area (Å²) in [5, 5.41) is 8.71. The van der Waals surface area contributed by atoms with Gasteiger partial charge in [0.15, 0.2) is 6.10 Å². The van der Waals surface area contributed by atoms with Crippen LogP contribution in [0.1, 0.15) is 22.8 Å². The largest absolute Gasteiger partial charge is 0.488 e. The van der Waals surface area contributed by atoms with E-state index in [2.05, 4.69) is 15.9 Å². The van der Waals surface area contributed by atoms with Crippen LogP contribution >= 0.6 is 15.9 Å². The predicted molar refractivity (Wildman–Crippen MR) is 85.4 cm³/mol. The SMILES string of the molecule is C[C@H](C#N)OC(=O)c1ccccc1OCc1cccc(Br)c1. The highest BCUT2D eigenvalue weighted by molar-refractivity contribution is 9.10. The molecule has 2 aromatic rings. The summed E-state index contributed by atoms with van der Waals surface area (Å²) in [7, 11) is 0. The lowest BCUT2D eigenvalue weighted by atomic mass is 10.2. The van der Waals surface area contributed by atoms with E-state index in [0.29, 0.717) is 17.9 Å². The number of carbonyl (C=O) groups is 1. The molecule has 22 heavy (non-hydrogen) atoms. The molecule has 0 aliphatic carbocycles. The number of nitrogens with zero attached hydrogens (tertiary/aromatic N) is 1. The van der Waals surface area contributed by atoms with Crippen molar-refractivity contribution in [2.24, 2.45) is 0 Å². The third kappa shape index (κ3) is 4.34. The molecule has 0 N–H and O–H groups in total. The van der Waals surface area contributed by atoms with Gasteiger partial charge < -0.3 is 9.47 Å². The molecule has 0 amide bonds. The van der Waals surface area contributed by atoms with Gasteiger partial charge in [0.05, 0.1) is 0 Å². The van der Waals surface area contributed by atoms with E-state index in [1.165, 1.54) is 6.92 Å². The zero-order chi connectivity index (χ0) is 15.9. The molecule has 0 saturated carbocycles. The molecule has 0 saturated heterocycles. The van der Waals surface area contributed by atoms with Gasteiger partial charge in [-0.15, -0.1) is 0 Å². The fraction of sp³-hybridized carbons (Fsp3) is 0.176. The van der Waals surface area contributed by atoms with Gasteiger partial charge in [0.25, 0.3) is 0 Å². The highest BCUT2D eigenvalue weighted by Gasteiger charge is 2.16. The average molecular weight is 360 g/mol. The number of esters is 1. The van der Waals surface area contributed by atoms with E-state index in [4.69, 9.17) is 14.7 Å². The number of hydrogen-bond acceptors (Lipinski definition) is 4. The first-order chi connectivity index (χ1) is 10.6.